The SMILES string of the molecule is CCCCc1ccc(C2(SC)CC3(CCC3)C2)cc1. The molecule has 0 radical (unpaired) electrons. The Labute approximate surface area is 122 Å². The van der Waals surface area contributed by atoms with Gasteiger partial charge in [-0.1, -0.05) is 44.0 Å². The van der Waals surface area contributed by atoms with Crippen LogP contribution in [0, 0.1) is 5.41 Å². The number of rotatable bonds is 5. The molecule has 19 heavy (non-hydrogen) atoms. The second-order valence-corrected chi connectivity index (χ2v) is 7.90. The molecule has 0 aromatic heterocycles. The maximum atomic E-state index is 2.41. The van der Waals surface area contributed by atoms with Gasteiger partial charge >= 0.3 is 0 Å². The van der Waals surface area contributed by atoms with Crippen molar-refractivity contribution in [2.75, 3.05) is 6.26 Å². The highest BCUT2D eigenvalue weighted by molar-refractivity contribution is 7.99. The Morgan fingerprint density at radius 3 is 2.26 bits per heavy atom. The van der Waals surface area contributed by atoms with Gasteiger partial charge in [0.2, 0.25) is 0 Å². The van der Waals surface area contributed by atoms with Crippen LogP contribution >= 0.6 is 11.8 Å². The summed E-state index contributed by atoms with van der Waals surface area (Å²) in [5, 5.41) is 0. The summed E-state index contributed by atoms with van der Waals surface area (Å²) in [4.78, 5) is 0. The van der Waals surface area contributed by atoms with Gasteiger partial charge in [-0.3, -0.25) is 0 Å². The molecule has 2 aliphatic carbocycles. The van der Waals surface area contributed by atoms with Crippen LogP contribution in [-0.2, 0) is 11.2 Å². The molecule has 1 aromatic carbocycles. The van der Waals surface area contributed by atoms with Crippen molar-refractivity contribution in [3.8, 4) is 0 Å². The first-order valence-corrected chi connectivity index (χ1v) is 9.09. The van der Waals surface area contributed by atoms with Crippen molar-refractivity contribution in [2.45, 2.75) is 63.0 Å². The van der Waals surface area contributed by atoms with E-state index in [1.807, 2.05) is 0 Å². The van der Waals surface area contributed by atoms with Gasteiger partial charge in [-0.15, -0.1) is 0 Å². The average molecular weight is 274 g/mol. The summed E-state index contributed by atoms with van der Waals surface area (Å²) in [6, 6.07) is 9.56. The zero-order chi connectivity index (χ0) is 13.3. The zero-order valence-corrected chi connectivity index (χ0v) is 13.2. The predicted octanol–water partition coefficient (Wildman–Crippen LogP) is 5.55. The summed E-state index contributed by atoms with van der Waals surface area (Å²) >= 11 is 2.09. The minimum absolute atomic E-state index is 0.448. The quantitative estimate of drug-likeness (QED) is 0.678. The molecule has 1 aromatic rings. The lowest BCUT2D eigenvalue weighted by atomic mass is 9.50. The fraction of sp³-hybridized carbons (Fsp3) is 0.667. The van der Waals surface area contributed by atoms with Gasteiger partial charge in [0.15, 0.2) is 0 Å². The first-order valence-electron chi connectivity index (χ1n) is 7.87. The molecule has 0 N–H and O–H groups in total. The smallest absolute Gasteiger partial charge is 0.0416 e. The van der Waals surface area contributed by atoms with Crippen LogP contribution in [0.25, 0.3) is 0 Å². The molecule has 1 spiro atoms. The van der Waals surface area contributed by atoms with Crippen molar-refractivity contribution in [2.24, 2.45) is 5.41 Å². The fourth-order valence-corrected chi connectivity index (χ4v) is 5.29. The number of benzene rings is 1. The third-order valence-electron chi connectivity index (χ3n) is 5.43. The van der Waals surface area contributed by atoms with Gasteiger partial charge in [-0.25, -0.2) is 0 Å². The van der Waals surface area contributed by atoms with E-state index in [0.717, 1.165) is 5.41 Å². The monoisotopic (exact) mass is 274 g/mol. The summed E-state index contributed by atoms with van der Waals surface area (Å²) in [6.45, 7) is 2.27. The van der Waals surface area contributed by atoms with Crippen molar-refractivity contribution < 1.29 is 0 Å². The standard InChI is InChI=1S/C18H26S/c1-3-4-6-15-7-9-16(10-8-15)18(19-2)13-17(14-18)11-5-12-17/h7-10H,3-6,11-14H2,1-2H3. The molecule has 0 bridgehead atoms. The molecule has 1 heteroatoms. The van der Waals surface area contributed by atoms with Crippen molar-refractivity contribution in [3.63, 3.8) is 0 Å². The van der Waals surface area contributed by atoms with Crippen LogP contribution in [0.5, 0.6) is 0 Å². The van der Waals surface area contributed by atoms with E-state index in [9.17, 15) is 0 Å². The lowest BCUT2D eigenvalue weighted by Crippen LogP contribution is -2.51. The van der Waals surface area contributed by atoms with Gasteiger partial charge in [-0.05, 0) is 61.3 Å². The summed E-state index contributed by atoms with van der Waals surface area (Å²) in [7, 11) is 0. The van der Waals surface area contributed by atoms with Gasteiger partial charge < -0.3 is 0 Å². The van der Waals surface area contributed by atoms with E-state index in [2.05, 4.69) is 49.2 Å². The first-order chi connectivity index (χ1) is 9.22. The number of hydrogen-bond donors (Lipinski definition) is 0. The Morgan fingerprint density at radius 1 is 1.11 bits per heavy atom. The van der Waals surface area contributed by atoms with Gasteiger partial charge in [0, 0.05) is 4.75 Å². The molecule has 0 saturated heterocycles. The first kappa shape index (κ1) is 13.5. The normalized spacial score (nSPS) is 22.8. The molecular weight excluding hydrogens is 248 g/mol. The Morgan fingerprint density at radius 2 is 1.79 bits per heavy atom. The number of hydrogen-bond acceptors (Lipinski definition) is 1. The van der Waals surface area contributed by atoms with Crippen molar-refractivity contribution >= 4 is 11.8 Å². The highest BCUT2D eigenvalue weighted by Crippen LogP contribution is 2.68. The van der Waals surface area contributed by atoms with Crippen LogP contribution in [0.2, 0.25) is 0 Å². The molecular formula is C18H26S. The lowest BCUT2D eigenvalue weighted by Gasteiger charge is -2.61. The Bertz CT molecular complexity index is 420. The van der Waals surface area contributed by atoms with Crippen molar-refractivity contribution in [1.29, 1.82) is 0 Å². The lowest BCUT2D eigenvalue weighted by molar-refractivity contribution is -0.00655. The van der Waals surface area contributed by atoms with Crippen LogP contribution < -0.4 is 0 Å². The van der Waals surface area contributed by atoms with Gasteiger partial charge in [0.1, 0.15) is 0 Å². The van der Waals surface area contributed by atoms with E-state index < -0.39 is 0 Å². The molecule has 0 atom stereocenters. The Kier molecular flexibility index (Phi) is 3.68. The second-order valence-electron chi connectivity index (χ2n) is 6.71. The number of aryl methyl sites for hydroxylation is 1. The van der Waals surface area contributed by atoms with E-state index in [1.54, 1.807) is 5.56 Å². The van der Waals surface area contributed by atoms with E-state index in [-0.39, 0.29) is 0 Å². The molecule has 0 aliphatic heterocycles. The van der Waals surface area contributed by atoms with Gasteiger partial charge in [0.25, 0.3) is 0 Å². The molecule has 2 aliphatic rings. The van der Waals surface area contributed by atoms with Crippen molar-refractivity contribution in [3.05, 3.63) is 35.4 Å². The van der Waals surface area contributed by atoms with E-state index in [4.69, 9.17) is 0 Å². The summed E-state index contributed by atoms with van der Waals surface area (Å²) in [5.74, 6) is 0. The van der Waals surface area contributed by atoms with Crippen molar-refractivity contribution in [1.82, 2.24) is 0 Å². The largest absolute Gasteiger partial charge is 0.154 e. The zero-order valence-electron chi connectivity index (χ0n) is 12.4. The predicted molar refractivity (Wildman–Crippen MR) is 85.8 cm³/mol. The third-order valence-corrected chi connectivity index (χ3v) is 6.73. The number of thioether (sulfide) groups is 1. The van der Waals surface area contributed by atoms with Crippen LogP contribution in [0.3, 0.4) is 0 Å². The van der Waals surface area contributed by atoms with E-state index >= 15 is 0 Å². The molecule has 2 fully saturated rings. The van der Waals surface area contributed by atoms with Crippen LogP contribution in [0.15, 0.2) is 24.3 Å². The molecule has 0 unspecified atom stereocenters. The topological polar surface area (TPSA) is 0 Å². The van der Waals surface area contributed by atoms with Crippen LogP contribution in [-0.4, -0.2) is 6.26 Å². The van der Waals surface area contributed by atoms with E-state index in [0.29, 0.717) is 4.75 Å². The Hall–Kier alpha value is -0.430. The second kappa shape index (κ2) is 5.16. The maximum absolute atomic E-state index is 2.41. The summed E-state index contributed by atoms with van der Waals surface area (Å²) in [6.07, 6.45) is 13.5. The molecule has 0 heterocycles. The minimum Gasteiger partial charge on any atom is -0.154 e. The minimum atomic E-state index is 0.448. The van der Waals surface area contributed by atoms with Crippen LogP contribution in [0.4, 0.5) is 0 Å². The van der Waals surface area contributed by atoms with Gasteiger partial charge in [-0.2, -0.15) is 11.8 Å². The number of unbranched alkanes of at least 4 members (excludes halogenated alkanes) is 1. The van der Waals surface area contributed by atoms with E-state index in [1.165, 1.54) is 56.9 Å². The van der Waals surface area contributed by atoms with Gasteiger partial charge in [0.05, 0.1) is 0 Å². The molecule has 3 rings (SSSR count). The fourth-order valence-electron chi connectivity index (χ4n) is 4.01. The van der Waals surface area contributed by atoms with Crippen LogP contribution in [0.1, 0.15) is 63.0 Å². The Balaban J connectivity index is 1.70. The summed E-state index contributed by atoms with van der Waals surface area (Å²) < 4.78 is 0.448. The molecule has 104 valence electrons. The highest BCUT2D eigenvalue weighted by Gasteiger charge is 2.57. The molecule has 0 amide bonds. The molecule has 2 saturated carbocycles. The average Bonchev–Trinajstić information content (AvgIpc) is 2.35. The maximum Gasteiger partial charge on any atom is 0.0416 e. The third kappa shape index (κ3) is 2.35. The summed E-state index contributed by atoms with van der Waals surface area (Å²) in [5.41, 5.74) is 3.85. The molecule has 0 nitrogen and oxygen atoms in total. The highest BCUT2D eigenvalue weighted by atomic mass is 32.2.